The Kier molecular flexibility index (Phi) is 2.98. The SMILES string of the molecule is O=C(O)c1c(C2=CC=CCC2)nn2cc(Br)ccc12. The quantitative estimate of drug-likeness (QED) is 0.921. The molecule has 0 fully saturated rings. The van der Waals surface area contributed by atoms with E-state index in [1.54, 1.807) is 16.8 Å². The molecule has 0 spiro atoms. The van der Waals surface area contributed by atoms with Crippen LogP contribution in [0, 0.1) is 0 Å². The Morgan fingerprint density at radius 3 is 2.95 bits per heavy atom. The zero-order chi connectivity index (χ0) is 13.4. The van der Waals surface area contributed by atoms with E-state index >= 15 is 0 Å². The maximum Gasteiger partial charge on any atom is 0.340 e. The number of nitrogens with zero attached hydrogens (tertiary/aromatic N) is 2. The number of fused-ring (bicyclic) bond motifs is 1. The standard InChI is InChI=1S/C14H11BrN2O2/c15-10-6-7-11-12(14(18)19)13(16-17(11)8-10)9-4-2-1-3-5-9/h1-2,4,6-8H,3,5H2,(H,18,19). The maximum atomic E-state index is 11.5. The van der Waals surface area contributed by atoms with Gasteiger partial charge in [-0.15, -0.1) is 0 Å². The van der Waals surface area contributed by atoms with Gasteiger partial charge < -0.3 is 5.11 Å². The minimum atomic E-state index is -0.942. The van der Waals surface area contributed by atoms with E-state index in [-0.39, 0.29) is 5.56 Å². The van der Waals surface area contributed by atoms with E-state index < -0.39 is 5.97 Å². The molecule has 2 aromatic heterocycles. The summed E-state index contributed by atoms with van der Waals surface area (Å²) in [5.41, 5.74) is 2.42. The molecule has 0 bridgehead atoms. The van der Waals surface area contributed by atoms with Crippen LogP contribution in [-0.2, 0) is 0 Å². The molecule has 1 aliphatic rings. The van der Waals surface area contributed by atoms with Gasteiger partial charge in [0.15, 0.2) is 0 Å². The van der Waals surface area contributed by atoms with Crippen molar-refractivity contribution in [3.05, 3.63) is 52.3 Å². The monoisotopic (exact) mass is 318 g/mol. The average Bonchev–Trinajstić information content (AvgIpc) is 2.78. The van der Waals surface area contributed by atoms with Crippen LogP contribution in [0.5, 0.6) is 0 Å². The largest absolute Gasteiger partial charge is 0.478 e. The van der Waals surface area contributed by atoms with Crippen LogP contribution in [0.3, 0.4) is 0 Å². The maximum absolute atomic E-state index is 11.5. The Morgan fingerprint density at radius 2 is 2.26 bits per heavy atom. The van der Waals surface area contributed by atoms with Crippen molar-refractivity contribution in [3.63, 3.8) is 0 Å². The number of rotatable bonds is 2. The number of hydrogen-bond donors (Lipinski definition) is 1. The summed E-state index contributed by atoms with van der Waals surface area (Å²) < 4.78 is 2.48. The van der Waals surface area contributed by atoms with Crippen LogP contribution >= 0.6 is 15.9 Å². The van der Waals surface area contributed by atoms with Gasteiger partial charge in [0.05, 0.1) is 5.52 Å². The first kappa shape index (κ1) is 12.2. The summed E-state index contributed by atoms with van der Waals surface area (Å²) in [6, 6.07) is 3.59. The Balaban J connectivity index is 2.28. The van der Waals surface area contributed by atoms with Gasteiger partial charge in [-0.05, 0) is 46.5 Å². The van der Waals surface area contributed by atoms with Gasteiger partial charge in [-0.2, -0.15) is 5.10 Å². The summed E-state index contributed by atoms with van der Waals surface area (Å²) in [6.07, 6.45) is 9.46. The molecule has 0 atom stereocenters. The Bertz CT molecular complexity index is 728. The van der Waals surface area contributed by atoms with Crippen LogP contribution in [-0.4, -0.2) is 20.7 Å². The second kappa shape index (κ2) is 4.66. The fourth-order valence-electron chi connectivity index (χ4n) is 2.26. The average molecular weight is 319 g/mol. The zero-order valence-corrected chi connectivity index (χ0v) is 11.6. The van der Waals surface area contributed by atoms with Crippen molar-refractivity contribution in [1.29, 1.82) is 0 Å². The first-order valence-corrected chi connectivity index (χ1v) is 6.73. The van der Waals surface area contributed by atoms with Gasteiger partial charge in [-0.25, -0.2) is 9.31 Å². The van der Waals surface area contributed by atoms with E-state index in [9.17, 15) is 9.90 Å². The third-order valence-corrected chi connectivity index (χ3v) is 3.59. The van der Waals surface area contributed by atoms with Crippen molar-refractivity contribution in [3.8, 4) is 0 Å². The summed E-state index contributed by atoms with van der Waals surface area (Å²) in [6.45, 7) is 0. The van der Waals surface area contributed by atoms with Gasteiger partial charge >= 0.3 is 5.97 Å². The van der Waals surface area contributed by atoms with Crippen molar-refractivity contribution >= 4 is 33.0 Å². The van der Waals surface area contributed by atoms with E-state index in [0.29, 0.717) is 11.2 Å². The van der Waals surface area contributed by atoms with E-state index in [0.717, 1.165) is 22.9 Å². The van der Waals surface area contributed by atoms with Gasteiger partial charge in [0.1, 0.15) is 11.3 Å². The number of halogens is 1. The zero-order valence-electron chi connectivity index (χ0n) is 10.0. The molecule has 1 N–H and O–H groups in total. The molecule has 0 aliphatic heterocycles. The molecule has 96 valence electrons. The van der Waals surface area contributed by atoms with Crippen LogP contribution in [0.25, 0.3) is 11.1 Å². The second-order valence-electron chi connectivity index (χ2n) is 4.36. The fraction of sp³-hybridized carbons (Fsp3) is 0.143. The van der Waals surface area contributed by atoms with Crippen LogP contribution in [0.2, 0.25) is 0 Å². The van der Waals surface area contributed by atoms with Crippen molar-refractivity contribution in [2.45, 2.75) is 12.8 Å². The summed E-state index contributed by atoms with van der Waals surface area (Å²) >= 11 is 3.37. The number of carbonyl (C=O) groups is 1. The molecule has 0 radical (unpaired) electrons. The van der Waals surface area contributed by atoms with Gasteiger partial charge in [0, 0.05) is 10.7 Å². The number of carboxylic acid groups (broad SMARTS) is 1. The molecule has 2 heterocycles. The molecular weight excluding hydrogens is 308 g/mol. The van der Waals surface area contributed by atoms with E-state index in [2.05, 4.69) is 27.1 Å². The smallest absolute Gasteiger partial charge is 0.340 e. The van der Waals surface area contributed by atoms with E-state index in [1.807, 2.05) is 18.2 Å². The Labute approximate surface area is 118 Å². The fourth-order valence-corrected chi connectivity index (χ4v) is 2.59. The normalized spacial score (nSPS) is 14.7. The third-order valence-electron chi connectivity index (χ3n) is 3.13. The van der Waals surface area contributed by atoms with Crippen LogP contribution in [0.4, 0.5) is 0 Å². The highest BCUT2D eigenvalue weighted by Gasteiger charge is 2.21. The summed E-state index contributed by atoms with van der Waals surface area (Å²) in [4.78, 5) is 11.5. The van der Waals surface area contributed by atoms with Crippen molar-refractivity contribution < 1.29 is 9.90 Å². The van der Waals surface area contributed by atoms with Crippen LogP contribution < -0.4 is 0 Å². The van der Waals surface area contributed by atoms with E-state index in [4.69, 9.17) is 0 Å². The molecule has 3 rings (SSSR count). The highest BCUT2D eigenvalue weighted by molar-refractivity contribution is 9.10. The Hall–Kier alpha value is -1.88. The van der Waals surface area contributed by atoms with Gasteiger partial charge in [-0.1, -0.05) is 18.2 Å². The Morgan fingerprint density at radius 1 is 1.42 bits per heavy atom. The molecule has 0 amide bonds. The van der Waals surface area contributed by atoms with E-state index in [1.165, 1.54) is 0 Å². The first-order chi connectivity index (χ1) is 9.16. The van der Waals surface area contributed by atoms with Crippen LogP contribution in [0.1, 0.15) is 28.9 Å². The van der Waals surface area contributed by atoms with Gasteiger partial charge in [0.2, 0.25) is 0 Å². The first-order valence-electron chi connectivity index (χ1n) is 5.94. The lowest BCUT2D eigenvalue weighted by Gasteiger charge is -2.06. The van der Waals surface area contributed by atoms with Gasteiger partial charge in [-0.3, -0.25) is 0 Å². The molecule has 0 aromatic carbocycles. The molecule has 0 unspecified atom stereocenters. The number of carboxylic acids is 1. The topological polar surface area (TPSA) is 54.6 Å². The molecule has 1 aliphatic carbocycles. The number of allylic oxidation sites excluding steroid dienone is 4. The highest BCUT2D eigenvalue weighted by atomic mass is 79.9. The molecule has 19 heavy (non-hydrogen) atoms. The minimum absolute atomic E-state index is 0.272. The molecule has 0 saturated carbocycles. The molecule has 0 saturated heterocycles. The molecule has 2 aromatic rings. The minimum Gasteiger partial charge on any atom is -0.478 e. The number of aromatic carboxylic acids is 1. The summed E-state index contributed by atoms with van der Waals surface area (Å²) in [5.74, 6) is -0.942. The van der Waals surface area contributed by atoms with Crippen LogP contribution in [0.15, 0.2) is 41.0 Å². The predicted octanol–water partition coefficient (Wildman–Crippen LogP) is 3.53. The van der Waals surface area contributed by atoms with Crippen molar-refractivity contribution in [1.82, 2.24) is 9.61 Å². The lowest BCUT2D eigenvalue weighted by molar-refractivity contribution is 0.0698. The number of pyridine rings is 1. The second-order valence-corrected chi connectivity index (χ2v) is 5.28. The summed E-state index contributed by atoms with van der Waals surface area (Å²) in [5, 5.41) is 13.9. The van der Waals surface area contributed by atoms with Crippen molar-refractivity contribution in [2.24, 2.45) is 0 Å². The third kappa shape index (κ3) is 2.10. The van der Waals surface area contributed by atoms with Crippen molar-refractivity contribution in [2.75, 3.05) is 0 Å². The molecule has 4 nitrogen and oxygen atoms in total. The predicted molar refractivity (Wildman–Crippen MR) is 76.2 cm³/mol. The highest BCUT2D eigenvalue weighted by Crippen LogP contribution is 2.28. The number of aromatic nitrogens is 2. The summed E-state index contributed by atoms with van der Waals surface area (Å²) in [7, 11) is 0. The lowest BCUT2D eigenvalue weighted by atomic mass is 9.99. The molecule has 5 heteroatoms. The number of hydrogen-bond acceptors (Lipinski definition) is 2. The molecular formula is C14H11BrN2O2. The lowest BCUT2D eigenvalue weighted by Crippen LogP contribution is -2.01. The van der Waals surface area contributed by atoms with Gasteiger partial charge in [0.25, 0.3) is 0 Å².